The SMILES string of the molecule is Cc1ccc(S(=O)(=O)N2CC(=Cc3ccco3)c3c2cc([N+](=O)[O-])cc3[N+](=O)[O-])cc1. The first-order chi connectivity index (χ1) is 14.7. The van der Waals surface area contributed by atoms with Crippen molar-refractivity contribution in [3.8, 4) is 0 Å². The fourth-order valence-corrected chi connectivity index (χ4v) is 4.85. The smallest absolute Gasteiger partial charge is 0.285 e. The zero-order valence-electron chi connectivity index (χ0n) is 16.1. The molecule has 0 saturated heterocycles. The number of sulfonamides is 1. The van der Waals surface area contributed by atoms with E-state index in [4.69, 9.17) is 4.42 Å². The largest absolute Gasteiger partial charge is 0.465 e. The zero-order valence-corrected chi connectivity index (χ0v) is 16.9. The highest BCUT2D eigenvalue weighted by Gasteiger charge is 2.40. The van der Waals surface area contributed by atoms with E-state index < -0.39 is 31.2 Å². The molecule has 2 aromatic carbocycles. The lowest BCUT2D eigenvalue weighted by Crippen LogP contribution is -2.29. The van der Waals surface area contributed by atoms with Crippen LogP contribution in [0.25, 0.3) is 11.6 Å². The van der Waals surface area contributed by atoms with E-state index in [0.717, 1.165) is 22.0 Å². The van der Waals surface area contributed by atoms with Crippen LogP contribution in [0.4, 0.5) is 17.1 Å². The average molecular weight is 441 g/mol. The van der Waals surface area contributed by atoms with Crippen LogP contribution in [0.1, 0.15) is 16.9 Å². The van der Waals surface area contributed by atoms with E-state index in [9.17, 15) is 28.6 Å². The average Bonchev–Trinajstić information content (AvgIpc) is 3.36. The summed E-state index contributed by atoms with van der Waals surface area (Å²) in [4.78, 5) is 21.5. The molecule has 0 amide bonds. The Kier molecular flexibility index (Phi) is 4.82. The van der Waals surface area contributed by atoms with Gasteiger partial charge in [-0.15, -0.1) is 0 Å². The first-order valence-electron chi connectivity index (χ1n) is 8.99. The van der Waals surface area contributed by atoms with Crippen LogP contribution in [0.5, 0.6) is 0 Å². The van der Waals surface area contributed by atoms with E-state index in [-0.39, 0.29) is 22.7 Å². The third-order valence-corrected chi connectivity index (χ3v) is 6.64. The van der Waals surface area contributed by atoms with Crippen LogP contribution >= 0.6 is 0 Å². The number of fused-ring (bicyclic) bond motifs is 1. The van der Waals surface area contributed by atoms with Crippen molar-refractivity contribution in [2.75, 3.05) is 10.8 Å². The van der Waals surface area contributed by atoms with E-state index in [1.54, 1.807) is 31.2 Å². The summed E-state index contributed by atoms with van der Waals surface area (Å²) in [5.41, 5.74) is -0.105. The van der Waals surface area contributed by atoms with Gasteiger partial charge in [0.1, 0.15) is 5.76 Å². The van der Waals surface area contributed by atoms with E-state index >= 15 is 0 Å². The molecule has 0 spiro atoms. The van der Waals surface area contributed by atoms with Gasteiger partial charge in [0.15, 0.2) is 0 Å². The summed E-state index contributed by atoms with van der Waals surface area (Å²) in [5.74, 6) is 0.364. The number of rotatable bonds is 5. The Labute approximate surface area is 176 Å². The minimum Gasteiger partial charge on any atom is -0.465 e. The fraction of sp³-hybridized carbons (Fsp3) is 0.100. The number of anilines is 1. The van der Waals surface area contributed by atoms with Crippen LogP contribution < -0.4 is 4.31 Å². The first kappa shape index (κ1) is 20.3. The maximum atomic E-state index is 13.4. The second-order valence-corrected chi connectivity index (χ2v) is 8.75. The van der Waals surface area contributed by atoms with Gasteiger partial charge in [0.2, 0.25) is 0 Å². The molecule has 3 aromatic rings. The minimum atomic E-state index is -4.15. The van der Waals surface area contributed by atoms with Gasteiger partial charge < -0.3 is 4.42 Å². The standard InChI is InChI=1S/C20H15N3O7S/c1-13-4-6-17(7-5-13)31(28,29)21-12-14(9-16-3-2-8-30-16)20-18(21)10-15(22(24)25)11-19(20)23(26)27/h2-11H,12H2,1H3. The van der Waals surface area contributed by atoms with Crippen LogP contribution in [0.3, 0.4) is 0 Å². The van der Waals surface area contributed by atoms with Crippen LogP contribution in [0.15, 0.2) is 64.1 Å². The summed E-state index contributed by atoms with van der Waals surface area (Å²) in [7, 11) is -4.15. The third kappa shape index (κ3) is 3.55. The predicted molar refractivity (Wildman–Crippen MR) is 112 cm³/mol. The molecule has 1 aliphatic rings. The molecular formula is C20H15N3O7S. The van der Waals surface area contributed by atoms with E-state index in [1.807, 2.05) is 0 Å². The normalized spacial score (nSPS) is 14.6. The Morgan fingerprint density at radius 2 is 1.77 bits per heavy atom. The monoisotopic (exact) mass is 441 g/mol. The van der Waals surface area contributed by atoms with Gasteiger partial charge in [0.05, 0.1) is 44.9 Å². The topological polar surface area (TPSA) is 137 Å². The number of benzene rings is 2. The minimum absolute atomic E-state index is 0.00249. The van der Waals surface area contributed by atoms with Crippen molar-refractivity contribution in [2.24, 2.45) is 0 Å². The molecule has 0 N–H and O–H groups in total. The van der Waals surface area contributed by atoms with E-state index in [0.29, 0.717) is 11.3 Å². The van der Waals surface area contributed by atoms with Gasteiger partial charge in [-0.3, -0.25) is 24.5 Å². The lowest BCUT2D eigenvalue weighted by atomic mass is 10.0. The number of non-ortho nitro benzene ring substituents is 1. The number of nitro groups is 2. The first-order valence-corrected chi connectivity index (χ1v) is 10.4. The quantitative estimate of drug-likeness (QED) is 0.428. The Hall–Kier alpha value is -3.99. The number of aryl methyl sites for hydroxylation is 1. The summed E-state index contributed by atoms with van der Waals surface area (Å²) in [6, 6.07) is 11.2. The number of hydrogen-bond acceptors (Lipinski definition) is 7. The number of furan rings is 1. The highest BCUT2D eigenvalue weighted by atomic mass is 32.2. The molecule has 158 valence electrons. The molecule has 0 saturated carbocycles. The van der Waals surface area contributed by atoms with Crippen LogP contribution in [-0.2, 0) is 10.0 Å². The molecule has 0 aliphatic carbocycles. The Morgan fingerprint density at radius 1 is 1.06 bits per heavy atom. The van der Waals surface area contributed by atoms with Crippen molar-refractivity contribution in [3.63, 3.8) is 0 Å². The Bertz CT molecular complexity index is 1330. The Balaban J connectivity index is 1.97. The lowest BCUT2D eigenvalue weighted by molar-refractivity contribution is -0.394. The summed E-state index contributed by atoms with van der Waals surface area (Å²) >= 11 is 0. The molecule has 10 nitrogen and oxygen atoms in total. The summed E-state index contributed by atoms with van der Waals surface area (Å²) in [6.45, 7) is 1.56. The van der Waals surface area contributed by atoms with Gasteiger partial charge in [-0.1, -0.05) is 17.7 Å². The van der Waals surface area contributed by atoms with Crippen LogP contribution in [-0.4, -0.2) is 24.8 Å². The van der Waals surface area contributed by atoms with Gasteiger partial charge in [-0.05, 0) is 42.8 Å². The third-order valence-electron chi connectivity index (χ3n) is 4.86. The second-order valence-electron chi connectivity index (χ2n) is 6.88. The maximum Gasteiger partial charge on any atom is 0.285 e. The molecule has 0 fully saturated rings. The van der Waals surface area contributed by atoms with Crippen molar-refractivity contribution in [2.45, 2.75) is 11.8 Å². The van der Waals surface area contributed by atoms with Crippen molar-refractivity contribution in [3.05, 3.63) is 91.9 Å². The number of hydrogen-bond donors (Lipinski definition) is 0. The van der Waals surface area contributed by atoms with Crippen molar-refractivity contribution >= 4 is 38.7 Å². The molecular weight excluding hydrogens is 426 g/mol. The molecule has 1 aliphatic heterocycles. The lowest BCUT2D eigenvalue weighted by Gasteiger charge is -2.19. The molecule has 0 bridgehead atoms. The predicted octanol–water partition coefficient (Wildman–Crippen LogP) is 4.15. The van der Waals surface area contributed by atoms with Gasteiger partial charge >= 0.3 is 0 Å². The molecule has 1 aromatic heterocycles. The number of nitro benzene ring substituents is 2. The van der Waals surface area contributed by atoms with Crippen molar-refractivity contribution in [1.29, 1.82) is 0 Å². The molecule has 4 rings (SSSR count). The highest BCUT2D eigenvalue weighted by Crippen LogP contribution is 2.46. The second kappa shape index (κ2) is 7.36. The van der Waals surface area contributed by atoms with Crippen molar-refractivity contribution in [1.82, 2.24) is 0 Å². The van der Waals surface area contributed by atoms with Crippen molar-refractivity contribution < 1.29 is 22.7 Å². The van der Waals surface area contributed by atoms with Crippen LogP contribution in [0, 0.1) is 27.2 Å². The highest BCUT2D eigenvalue weighted by molar-refractivity contribution is 7.92. The molecule has 31 heavy (non-hydrogen) atoms. The molecule has 0 radical (unpaired) electrons. The summed E-state index contributed by atoms with van der Waals surface area (Å²) in [6.07, 6.45) is 2.90. The Morgan fingerprint density at radius 3 is 2.35 bits per heavy atom. The summed E-state index contributed by atoms with van der Waals surface area (Å²) in [5, 5.41) is 23.1. The fourth-order valence-electron chi connectivity index (χ4n) is 3.41. The molecule has 0 unspecified atom stereocenters. The van der Waals surface area contributed by atoms with E-state index in [2.05, 4.69) is 0 Å². The molecule has 0 atom stereocenters. The molecule has 2 heterocycles. The van der Waals surface area contributed by atoms with Gasteiger partial charge in [-0.25, -0.2) is 8.42 Å². The maximum absolute atomic E-state index is 13.4. The number of nitrogens with zero attached hydrogens (tertiary/aromatic N) is 3. The summed E-state index contributed by atoms with van der Waals surface area (Å²) < 4.78 is 32.9. The van der Waals surface area contributed by atoms with Gasteiger partial charge in [0.25, 0.3) is 21.4 Å². The molecule has 11 heteroatoms. The van der Waals surface area contributed by atoms with Gasteiger partial charge in [-0.2, -0.15) is 0 Å². The van der Waals surface area contributed by atoms with E-state index in [1.165, 1.54) is 24.5 Å². The zero-order chi connectivity index (χ0) is 22.3. The van der Waals surface area contributed by atoms with Gasteiger partial charge in [0, 0.05) is 6.07 Å². The van der Waals surface area contributed by atoms with Crippen LogP contribution in [0.2, 0.25) is 0 Å².